The lowest BCUT2D eigenvalue weighted by molar-refractivity contribution is 0.114. The van der Waals surface area contributed by atoms with E-state index < -0.39 is 0 Å². The molecule has 1 saturated carbocycles. The minimum atomic E-state index is -0.0126. The zero-order valence-corrected chi connectivity index (χ0v) is 12.5. The van der Waals surface area contributed by atoms with Crippen LogP contribution in [0.1, 0.15) is 26.2 Å². The minimum absolute atomic E-state index is 0.0126. The highest BCUT2D eigenvalue weighted by Gasteiger charge is 2.40. The van der Waals surface area contributed by atoms with Crippen molar-refractivity contribution in [1.82, 2.24) is 20.4 Å². The molecular formula is C14H28N4O. The van der Waals surface area contributed by atoms with Crippen molar-refractivity contribution in [2.45, 2.75) is 32.2 Å². The molecule has 2 fully saturated rings. The molecule has 2 aliphatic rings. The Hall–Kier alpha value is -0.810. The molecule has 0 aromatic heterocycles. The topological polar surface area (TPSA) is 47.6 Å². The first-order valence-corrected chi connectivity index (χ1v) is 7.45. The molecule has 0 aromatic carbocycles. The van der Waals surface area contributed by atoms with E-state index >= 15 is 0 Å². The van der Waals surface area contributed by atoms with E-state index in [9.17, 15) is 4.79 Å². The number of likely N-dealkylation sites (N-methyl/N-ethyl adjacent to an activating group) is 2. The van der Waals surface area contributed by atoms with Crippen LogP contribution in [0, 0.1) is 5.41 Å². The summed E-state index contributed by atoms with van der Waals surface area (Å²) in [7, 11) is 4.27. The van der Waals surface area contributed by atoms with Crippen LogP contribution in [0.4, 0.5) is 4.79 Å². The average Bonchev–Trinajstić information content (AvgIpc) is 3.18. The Morgan fingerprint density at radius 2 is 2.00 bits per heavy atom. The third-order valence-electron chi connectivity index (χ3n) is 4.81. The molecule has 0 unspecified atom stereocenters. The van der Waals surface area contributed by atoms with Crippen LogP contribution in [-0.2, 0) is 0 Å². The standard InChI is InChI=1S/C14H28N4O/c1-4-14(5-6-14)11-16-13(19)15-9-12-10-17(2)7-8-18(12)3/h12H,4-11H2,1-3H3,(H2,15,16,19)/t12-/m1/s1. The van der Waals surface area contributed by atoms with E-state index in [1.54, 1.807) is 0 Å². The Bertz CT molecular complexity index is 317. The summed E-state index contributed by atoms with van der Waals surface area (Å²) < 4.78 is 0. The number of rotatable bonds is 5. The molecule has 110 valence electrons. The minimum Gasteiger partial charge on any atom is -0.338 e. The van der Waals surface area contributed by atoms with E-state index in [-0.39, 0.29) is 6.03 Å². The van der Waals surface area contributed by atoms with Gasteiger partial charge in [-0.3, -0.25) is 4.90 Å². The van der Waals surface area contributed by atoms with Crippen LogP contribution >= 0.6 is 0 Å². The van der Waals surface area contributed by atoms with Gasteiger partial charge >= 0.3 is 6.03 Å². The van der Waals surface area contributed by atoms with Gasteiger partial charge in [-0.1, -0.05) is 6.92 Å². The van der Waals surface area contributed by atoms with Gasteiger partial charge in [-0.15, -0.1) is 0 Å². The van der Waals surface area contributed by atoms with Crippen molar-refractivity contribution in [3.05, 3.63) is 0 Å². The molecule has 19 heavy (non-hydrogen) atoms. The monoisotopic (exact) mass is 268 g/mol. The van der Waals surface area contributed by atoms with E-state index in [1.165, 1.54) is 19.3 Å². The van der Waals surface area contributed by atoms with Crippen LogP contribution < -0.4 is 10.6 Å². The van der Waals surface area contributed by atoms with Crippen molar-refractivity contribution >= 4 is 6.03 Å². The lowest BCUT2D eigenvalue weighted by atomic mass is 10.0. The van der Waals surface area contributed by atoms with Crippen molar-refractivity contribution < 1.29 is 4.79 Å². The smallest absolute Gasteiger partial charge is 0.314 e. The number of hydrogen-bond acceptors (Lipinski definition) is 3. The van der Waals surface area contributed by atoms with E-state index in [4.69, 9.17) is 0 Å². The summed E-state index contributed by atoms with van der Waals surface area (Å²) in [5.74, 6) is 0. The van der Waals surface area contributed by atoms with Gasteiger partial charge < -0.3 is 15.5 Å². The summed E-state index contributed by atoms with van der Waals surface area (Å²) in [5, 5.41) is 6.03. The normalized spacial score (nSPS) is 27.0. The first-order chi connectivity index (χ1) is 9.04. The number of nitrogens with zero attached hydrogens (tertiary/aromatic N) is 2. The molecule has 0 spiro atoms. The van der Waals surface area contributed by atoms with Gasteiger partial charge in [0.1, 0.15) is 0 Å². The molecule has 2 amide bonds. The van der Waals surface area contributed by atoms with Crippen LogP contribution in [0.15, 0.2) is 0 Å². The summed E-state index contributed by atoms with van der Waals surface area (Å²) in [6.45, 7) is 6.97. The van der Waals surface area contributed by atoms with Crippen molar-refractivity contribution in [2.24, 2.45) is 5.41 Å². The highest BCUT2D eigenvalue weighted by molar-refractivity contribution is 5.73. The second-order valence-electron chi connectivity index (χ2n) is 6.31. The summed E-state index contributed by atoms with van der Waals surface area (Å²) >= 11 is 0. The maximum absolute atomic E-state index is 11.8. The molecule has 2 N–H and O–H groups in total. The lowest BCUT2D eigenvalue weighted by Gasteiger charge is -2.37. The predicted octanol–water partition coefficient (Wildman–Crippen LogP) is 0.722. The number of nitrogens with one attached hydrogen (secondary N) is 2. The van der Waals surface area contributed by atoms with Crippen LogP contribution in [0.3, 0.4) is 0 Å². The second kappa shape index (κ2) is 6.09. The van der Waals surface area contributed by atoms with Gasteiger partial charge in [0.2, 0.25) is 0 Å². The molecular weight excluding hydrogens is 240 g/mol. The summed E-state index contributed by atoms with van der Waals surface area (Å²) in [6.07, 6.45) is 3.70. The van der Waals surface area contributed by atoms with E-state index in [0.717, 1.165) is 32.7 Å². The number of carbonyl (C=O) groups is 1. The third-order valence-corrected chi connectivity index (χ3v) is 4.81. The Morgan fingerprint density at radius 1 is 1.26 bits per heavy atom. The first kappa shape index (κ1) is 14.6. The van der Waals surface area contributed by atoms with Crippen LogP contribution in [0.2, 0.25) is 0 Å². The molecule has 1 heterocycles. The molecule has 0 radical (unpaired) electrons. The Morgan fingerprint density at radius 3 is 2.63 bits per heavy atom. The molecule has 0 aromatic rings. The highest BCUT2D eigenvalue weighted by Crippen LogP contribution is 2.47. The first-order valence-electron chi connectivity index (χ1n) is 7.45. The van der Waals surface area contributed by atoms with E-state index in [0.29, 0.717) is 11.5 Å². The summed E-state index contributed by atoms with van der Waals surface area (Å²) in [5.41, 5.74) is 0.416. The van der Waals surface area contributed by atoms with Crippen LogP contribution in [0.5, 0.6) is 0 Å². The van der Waals surface area contributed by atoms with Gasteiger partial charge in [-0.05, 0) is 38.8 Å². The van der Waals surface area contributed by atoms with E-state index in [2.05, 4.69) is 41.5 Å². The molecule has 2 rings (SSSR count). The van der Waals surface area contributed by atoms with Crippen molar-refractivity contribution in [3.8, 4) is 0 Å². The number of amides is 2. The van der Waals surface area contributed by atoms with Crippen LogP contribution in [-0.4, -0.2) is 68.7 Å². The quantitative estimate of drug-likeness (QED) is 0.772. The molecule has 1 aliphatic heterocycles. The molecule has 5 heteroatoms. The molecule has 1 aliphatic carbocycles. The maximum atomic E-state index is 11.8. The van der Waals surface area contributed by atoms with E-state index in [1.807, 2.05) is 0 Å². The SMILES string of the molecule is CCC1(CNC(=O)NC[C@@H]2CN(C)CCN2C)CC1. The Balaban J connectivity index is 1.65. The van der Waals surface area contributed by atoms with Gasteiger partial charge in [-0.2, -0.15) is 0 Å². The fourth-order valence-electron chi connectivity index (χ4n) is 2.69. The molecule has 1 saturated heterocycles. The molecule has 5 nitrogen and oxygen atoms in total. The zero-order chi connectivity index (χ0) is 13.9. The Labute approximate surface area is 116 Å². The fraction of sp³-hybridized carbons (Fsp3) is 0.929. The number of urea groups is 1. The van der Waals surface area contributed by atoms with Gasteiger partial charge in [0.25, 0.3) is 0 Å². The molecule has 0 bridgehead atoms. The van der Waals surface area contributed by atoms with Crippen molar-refractivity contribution in [3.63, 3.8) is 0 Å². The number of carbonyl (C=O) groups excluding carboxylic acids is 1. The highest BCUT2D eigenvalue weighted by atomic mass is 16.2. The van der Waals surface area contributed by atoms with Gasteiger partial charge in [0, 0.05) is 38.8 Å². The number of piperazine rings is 1. The zero-order valence-electron chi connectivity index (χ0n) is 12.5. The Kier molecular flexibility index (Phi) is 4.68. The number of hydrogen-bond donors (Lipinski definition) is 2. The van der Waals surface area contributed by atoms with Crippen molar-refractivity contribution in [2.75, 3.05) is 46.8 Å². The maximum Gasteiger partial charge on any atom is 0.314 e. The van der Waals surface area contributed by atoms with Crippen LogP contribution in [0.25, 0.3) is 0 Å². The largest absolute Gasteiger partial charge is 0.338 e. The summed E-state index contributed by atoms with van der Waals surface area (Å²) in [4.78, 5) is 16.5. The third kappa shape index (κ3) is 4.08. The van der Waals surface area contributed by atoms with Crippen molar-refractivity contribution in [1.29, 1.82) is 0 Å². The summed E-state index contributed by atoms with van der Waals surface area (Å²) in [6, 6.07) is 0.409. The predicted molar refractivity (Wildman–Crippen MR) is 77.3 cm³/mol. The van der Waals surface area contributed by atoms with Gasteiger partial charge in [0.15, 0.2) is 0 Å². The fourth-order valence-corrected chi connectivity index (χ4v) is 2.69. The van der Waals surface area contributed by atoms with Gasteiger partial charge in [-0.25, -0.2) is 4.79 Å². The lowest BCUT2D eigenvalue weighted by Crippen LogP contribution is -2.55. The van der Waals surface area contributed by atoms with Gasteiger partial charge in [0.05, 0.1) is 0 Å². The second-order valence-corrected chi connectivity index (χ2v) is 6.31. The molecule has 1 atom stereocenters. The average molecular weight is 268 g/mol.